The molecule has 6 radical (unpaired) electrons. The third-order valence-electron chi connectivity index (χ3n) is 15.9. The molecule has 0 amide bonds. The first-order valence-corrected chi connectivity index (χ1v) is 39.4. The predicted molar refractivity (Wildman–Crippen MR) is 290 cm³/mol. The monoisotopic (exact) mass is 963 g/mol. The summed E-state index contributed by atoms with van der Waals surface area (Å²) in [5, 5.41) is 4.33. The second-order valence-corrected chi connectivity index (χ2v) is 65.9. The fraction of sp³-hybridized carbons (Fsp3) is 0.692. The second kappa shape index (κ2) is 19.1. The van der Waals surface area contributed by atoms with Crippen LogP contribution in [0, 0.1) is 0 Å². The van der Waals surface area contributed by atoms with Crippen molar-refractivity contribution in [3.8, 4) is 0 Å². The minimum atomic E-state index is -2.09. The van der Waals surface area contributed by atoms with Crippen LogP contribution in [-0.4, -0.2) is 64.2 Å². The number of rotatable bonds is 8. The van der Waals surface area contributed by atoms with E-state index in [4.69, 9.17) is 0 Å². The van der Waals surface area contributed by atoms with Gasteiger partial charge < -0.3 is 0 Å². The number of hydrogen-bond donors (Lipinski definition) is 0. The molecule has 0 bridgehead atoms. The normalized spacial score (nSPS) is 15.5. The van der Waals surface area contributed by atoms with Crippen LogP contribution in [0.1, 0.15) is 177 Å². The summed E-state index contributed by atoms with van der Waals surface area (Å²) in [5.74, 6) is 0. The smallest absolute Gasteiger partial charge is 0.0561 e. The molecule has 0 spiro atoms. The van der Waals surface area contributed by atoms with Crippen molar-refractivity contribution in [3.05, 3.63) is 83.2 Å². The van der Waals surface area contributed by atoms with Crippen LogP contribution in [0.25, 0.3) is 9.60 Å². The van der Waals surface area contributed by atoms with Crippen LogP contribution in [0.3, 0.4) is 0 Å². The Morgan fingerprint density at radius 1 is 0.424 bits per heavy atom. The molecular formula is C52H96GeSi6. The number of benzene rings is 2. The van der Waals surface area contributed by atoms with Gasteiger partial charge in [0.05, 0.1) is 8.80 Å². The topological polar surface area (TPSA) is 0 Å². The fourth-order valence-electron chi connectivity index (χ4n) is 10.1. The molecule has 332 valence electrons. The molecule has 2 aromatic carbocycles. The van der Waals surface area contributed by atoms with Gasteiger partial charge in [-0.15, -0.1) is 0 Å². The largest absolute Gasteiger partial charge is 0.0703 e. The van der Waals surface area contributed by atoms with Crippen LogP contribution < -0.4 is 0 Å². The van der Waals surface area contributed by atoms with E-state index in [0.29, 0.717) is 10.1 Å². The molecule has 0 heterocycles. The Balaban J connectivity index is 0.00000153. The van der Waals surface area contributed by atoms with Crippen molar-refractivity contribution < 1.29 is 0 Å². The quantitative estimate of drug-likeness (QED) is 0.231. The van der Waals surface area contributed by atoms with Gasteiger partial charge >= 0.3 is 323 Å². The maximum atomic E-state index is 3.15. The molecule has 0 fully saturated rings. The summed E-state index contributed by atoms with van der Waals surface area (Å²) in [6.07, 6.45) is 0. The van der Waals surface area contributed by atoms with Crippen molar-refractivity contribution in [1.82, 2.24) is 0 Å². The van der Waals surface area contributed by atoms with Gasteiger partial charge in [-0.05, 0) is 10.1 Å². The number of hydrogen-bond acceptors (Lipinski definition) is 0. The standard InChI is InChI=1S/C43H75GeSi5.C9H21Si/c1-38(2,3)47(19,39(4,5)6)45(32-36(44)34-28-24-22-25-29-34)37(35-30-26-23-27-31-35)33-46(48(20,40(7,8)9)41(10,11)12)49(21,42(13,14)15)43(16,17)18;1-8(2,3)10(7)9(4,5)6/h22-33H,1-21H3;1-7H3/b36-32-,37-33-;. The Morgan fingerprint density at radius 3 is 0.932 bits per heavy atom. The van der Waals surface area contributed by atoms with Crippen molar-refractivity contribution >= 4 is 73.8 Å². The second-order valence-electron chi connectivity index (χ2n) is 26.7. The molecule has 0 aromatic heterocycles. The SMILES string of the molecule is CC(C)(C)[Si](C)([Si](/C=[C](\[Ge])c1ccccc1)/C(=C\[Si]([Si](C)(C(C)(C)C)C(C)(C)C)[Si](C)(C(C)(C)C)C(C)(C)C)c1ccccc1)C(C)(C)C.C[Si](C(C)(C)C)C(C)(C)C. The molecule has 2 rings (SSSR count). The van der Waals surface area contributed by atoms with Gasteiger partial charge in [0.15, 0.2) is 0 Å². The molecule has 7 heteroatoms. The van der Waals surface area contributed by atoms with Crippen LogP contribution in [-0.2, 0) is 0 Å². The van der Waals surface area contributed by atoms with E-state index < -0.39 is 38.9 Å². The van der Waals surface area contributed by atoms with Crippen molar-refractivity contribution in [2.45, 2.75) is 233 Å². The van der Waals surface area contributed by atoms with Crippen LogP contribution in [0.2, 0.25) is 66.5 Å². The molecule has 0 aliphatic carbocycles. The fourth-order valence-corrected chi connectivity index (χ4v) is 78.7. The van der Waals surface area contributed by atoms with Gasteiger partial charge in [-0.3, -0.25) is 0 Å². The van der Waals surface area contributed by atoms with E-state index in [1.54, 1.807) is 5.20 Å². The molecule has 0 atom stereocenters. The van der Waals surface area contributed by atoms with Gasteiger partial charge in [0.1, 0.15) is 0 Å². The summed E-state index contributed by atoms with van der Waals surface area (Å²) >= 11 is 2.40. The molecule has 0 aliphatic rings. The van der Waals surface area contributed by atoms with Gasteiger partial charge in [0, 0.05) is 0 Å². The third-order valence-corrected chi connectivity index (χ3v) is 79.9. The van der Waals surface area contributed by atoms with Crippen LogP contribution in [0.15, 0.2) is 72.1 Å². The third kappa shape index (κ3) is 12.5. The Morgan fingerprint density at radius 2 is 0.695 bits per heavy atom. The minimum absolute atomic E-state index is 0.220. The maximum Gasteiger partial charge on any atom is 0.0561 e. The van der Waals surface area contributed by atoms with E-state index in [1.807, 2.05) is 0 Å². The van der Waals surface area contributed by atoms with Crippen LogP contribution in [0.4, 0.5) is 0 Å². The zero-order chi connectivity index (χ0) is 47.0. The summed E-state index contributed by atoms with van der Waals surface area (Å²) in [7, 11) is -8.65. The summed E-state index contributed by atoms with van der Waals surface area (Å²) in [6, 6.07) is 23.0. The Kier molecular flexibility index (Phi) is 18.4. The summed E-state index contributed by atoms with van der Waals surface area (Å²) in [5.41, 5.74) is 8.87. The van der Waals surface area contributed by atoms with Crippen LogP contribution in [0.5, 0.6) is 0 Å². The zero-order valence-electron chi connectivity index (χ0n) is 44.4. The van der Waals surface area contributed by atoms with Gasteiger partial charge in [0.2, 0.25) is 0 Å². The van der Waals surface area contributed by atoms with Crippen molar-refractivity contribution in [3.63, 3.8) is 0 Å². The van der Waals surface area contributed by atoms with E-state index in [9.17, 15) is 0 Å². The summed E-state index contributed by atoms with van der Waals surface area (Å²) in [4.78, 5) is 0. The molecule has 0 unspecified atom stereocenters. The molecule has 2 aromatic rings. The molecule has 59 heavy (non-hydrogen) atoms. The maximum absolute atomic E-state index is 3.15. The van der Waals surface area contributed by atoms with Gasteiger partial charge in [-0.1, -0.05) is 48.1 Å². The Labute approximate surface area is 386 Å². The first-order valence-electron chi connectivity index (χ1n) is 22.7. The molecule has 0 aliphatic heterocycles. The van der Waals surface area contributed by atoms with Crippen LogP contribution >= 0.6 is 0 Å². The molecule has 0 saturated heterocycles. The van der Waals surface area contributed by atoms with E-state index >= 15 is 0 Å². The molecular weight excluding hydrogens is 866 g/mol. The van der Waals surface area contributed by atoms with E-state index in [2.05, 4.69) is 281 Å². The average molecular weight is 962 g/mol. The van der Waals surface area contributed by atoms with Crippen molar-refractivity contribution in [1.29, 1.82) is 0 Å². The first kappa shape index (κ1) is 56.8. The zero-order valence-corrected chi connectivity index (χ0v) is 52.5. The first-order chi connectivity index (χ1) is 25.9. The van der Waals surface area contributed by atoms with Crippen molar-refractivity contribution in [2.24, 2.45) is 0 Å². The Bertz CT molecular complexity index is 1590. The summed E-state index contributed by atoms with van der Waals surface area (Å²) in [6.45, 7) is 72.1. The van der Waals surface area contributed by atoms with Gasteiger partial charge in [-0.25, -0.2) is 0 Å². The van der Waals surface area contributed by atoms with E-state index in [-0.39, 0.29) is 39.0 Å². The minimum Gasteiger partial charge on any atom is -0.0703 e. The molecule has 0 N–H and O–H groups in total. The van der Waals surface area contributed by atoms with Crippen molar-refractivity contribution in [2.75, 3.05) is 0 Å². The summed E-state index contributed by atoms with van der Waals surface area (Å²) < 4.78 is 1.45. The Hall–Kier alpha value is -0.236. The van der Waals surface area contributed by atoms with Gasteiger partial charge in [-0.2, -0.15) is 0 Å². The van der Waals surface area contributed by atoms with E-state index in [0.717, 1.165) is 0 Å². The van der Waals surface area contributed by atoms with Gasteiger partial charge in [0.25, 0.3) is 0 Å². The predicted octanol–water partition coefficient (Wildman–Crippen LogP) is 17.9. The van der Waals surface area contributed by atoms with E-state index in [1.165, 1.54) is 15.5 Å². The molecule has 0 saturated carbocycles. The average Bonchev–Trinajstić information content (AvgIpc) is 3.03. The molecule has 0 nitrogen and oxygen atoms in total.